The molecule has 5 nitrogen and oxygen atoms in total. The molecular formula is C16H16BrN3O2S2. The number of thiocarbonyl (C=S) groups is 1. The summed E-state index contributed by atoms with van der Waals surface area (Å²) in [5.74, 6) is -0.245. The van der Waals surface area contributed by atoms with Crippen LogP contribution in [0.5, 0.6) is 0 Å². The molecule has 1 aliphatic heterocycles. The first kappa shape index (κ1) is 17.3. The lowest BCUT2D eigenvalue weighted by Gasteiger charge is -2.26. The van der Waals surface area contributed by atoms with Gasteiger partial charge in [0.2, 0.25) is 0 Å². The molecule has 0 radical (unpaired) electrons. The smallest absolute Gasteiger partial charge is 0.307 e. The predicted octanol–water partition coefficient (Wildman–Crippen LogP) is 3.44. The second kappa shape index (κ2) is 7.58. The molecule has 0 aromatic carbocycles. The molecular weight excluding hydrogens is 410 g/mol. The number of esters is 1. The van der Waals surface area contributed by atoms with Gasteiger partial charge in [-0.15, -0.1) is 11.3 Å². The van der Waals surface area contributed by atoms with Gasteiger partial charge in [0.15, 0.2) is 5.11 Å². The van der Waals surface area contributed by atoms with Crippen molar-refractivity contribution in [3.8, 4) is 0 Å². The van der Waals surface area contributed by atoms with E-state index in [0.717, 1.165) is 15.0 Å². The molecule has 2 aromatic rings. The van der Waals surface area contributed by atoms with Gasteiger partial charge in [0.05, 0.1) is 31.3 Å². The number of hydrogen-bond acceptors (Lipinski definition) is 5. The van der Waals surface area contributed by atoms with E-state index < -0.39 is 0 Å². The number of aromatic nitrogens is 1. The van der Waals surface area contributed by atoms with Crippen LogP contribution in [0.15, 0.2) is 40.3 Å². The maximum Gasteiger partial charge on any atom is 0.307 e. The van der Waals surface area contributed by atoms with E-state index in [0.29, 0.717) is 11.7 Å². The topological polar surface area (TPSA) is 54.5 Å². The van der Waals surface area contributed by atoms with E-state index in [2.05, 4.69) is 32.3 Å². The number of nitrogens with one attached hydrogen (secondary N) is 1. The quantitative estimate of drug-likeness (QED) is 0.584. The third-order valence-corrected chi connectivity index (χ3v) is 5.98. The zero-order valence-electron chi connectivity index (χ0n) is 12.9. The molecule has 8 heteroatoms. The van der Waals surface area contributed by atoms with Gasteiger partial charge >= 0.3 is 5.97 Å². The summed E-state index contributed by atoms with van der Waals surface area (Å²) in [5, 5.41) is 6.03. The van der Waals surface area contributed by atoms with Crippen molar-refractivity contribution < 1.29 is 9.53 Å². The van der Waals surface area contributed by atoms with Gasteiger partial charge in [-0.05, 0) is 46.3 Å². The maximum atomic E-state index is 11.5. The van der Waals surface area contributed by atoms with Crippen molar-refractivity contribution in [3.63, 3.8) is 0 Å². The lowest BCUT2D eigenvalue weighted by atomic mass is 10.0. The molecule has 24 heavy (non-hydrogen) atoms. The van der Waals surface area contributed by atoms with Crippen LogP contribution in [0.4, 0.5) is 0 Å². The number of thiophene rings is 1. The van der Waals surface area contributed by atoms with E-state index in [4.69, 9.17) is 17.0 Å². The first-order chi connectivity index (χ1) is 11.6. The van der Waals surface area contributed by atoms with Gasteiger partial charge in [0.1, 0.15) is 0 Å². The lowest BCUT2D eigenvalue weighted by Crippen LogP contribution is -2.31. The fraction of sp³-hybridized carbons (Fsp3) is 0.312. The van der Waals surface area contributed by atoms with Crippen molar-refractivity contribution in [2.24, 2.45) is 0 Å². The molecule has 3 rings (SSSR count). The Morgan fingerprint density at radius 3 is 3.00 bits per heavy atom. The number of carbonyl (C=O) groups excluding carboxylic acids is 1. The normalized spacial score (nSPS) is 20.1. The molecule has 0 unspecified atom stereocenters. The molecule has 126 valence electrons. The third kappa shape index (κ3) is 3.60. The van der Waals surface area contributed by atoms with E-state index in [9.17, 15) is 4.79 Å². The Balaban J connectivity index is 1.92. The molecule has 1 N–H and O–H groups in total. The second-order valence-electron chi connectivity index (χ2n) is 5.31. The van der Waals surface area contributed by atoms with Gasteiger partial charge in [-0.25, -0.2) is 0 Å². The van der Waals surface area contributed by atoms with Crippen LogP contribution in [0.3, 0.4) is 0 Å². The van der Waals surface area contributed by atoms with Crippen molar-refractivity contribution in [2.75, 3.05) is 13.7 Å². The predicted molar refractivity (Wildman–Crippen MR) is 101 cm³/mol. The fourth-order valence-corrected chi connectivity index (χ4v) is 4.68. The monoisotopic (exact) mass is 425 g/mol. The van der Waals surface area contributed by atoms with Gasteiger partial charge in [-0.2, -0.15) is 0 Å². The summed E-state index contributed by atoms with van der Waals surface area (Å²) in [4.78, 5) is 19.2. The number of pyridine rings is 1. The highest BCUT2D eigenvalue weighted by Crippen LogP contribution is 2.41. The molecule has 2 atom stereocenters. The molecule has 1 aliphatic rings. The summed E-state index contributed by atoms with van der Waals surface area (Å²) < 4.78 is 5.79. The number of halogens is 1. The van der Waals surface area contributed by atoms with Gasteiger partial charge in [-0.1, -0.05) is 6.07 Å². The molecule has 0 bridgehead atoms. The number of carbonyl (C=O) groups is 1. The van der Waals surface area contributed by atoms with Crippen molar-refractivity contribution in [2.45, 2.75) is 18.5 Å². The van der Waals surface area contributed by atoms with E-state index in [1.807, 2.05) is 28.5 Å². The van der Waals surface area contributed by atoms with Gasteiger partial charge in [0.25, 0.3) is 0 Å². The van der Waals surface area contributed by atoms with Crippen LogP contribution in [-0.2, 0) is 9.53 Å². The van der Waals surface area contributed by atoms with Gasteiger partial charge in [-0.3, -0.25) is 9.78 Å². The average molecular weight is 426 g/mol. The van der Waals surface area contributed by atoms with Crippen molar-refractivity contribution >= 4 is 50.6 Å². The van der Waals surface area contributed by atoms with Crippen molar-refractivity contribution in [1.82, 2.24) is 15.2 Å². The lowest BCUT2D eigenvalue weighted by molar-refractivity contribution is -0.140. The summed E-state index contributed by atoms with van der Waals surface area (Å²) in [6.45, 7) is 0.502. The van der Waals surface area contributed by atoms with Crippen LogP contribution < -0.4 is 5.32 Å². The number of rotatable bonds is 5. The van der Waals surface area contributed by atoms with Crippen LogP contribution in [0.25, 0.3) is 0 Å². The van der Waals surface area contributed by atoms with Crippen LogP contribution in [0.2, 0.25) is 0 Å². The largest absolute Gasteiger partial charge is 0.469 e. The van der Waals surface area contributed by atoms with Gasteiger partial charge < -0.3 is 15.0 Å². The Labute approximate surface area is 158 Å². The minimum Gasteiger partial charge on any atom is -0.469 e. The summed E-state index contributed by atoms with van der Waals surface area (Å²) in [6, 6.07) is 7.87. The van der Waals surface area contributed by atoms with E-state index in [-0.39, 0.29) is 24.5 Å². The number of nitrogens with zero attached hydrogens (tertiary/aromatic N) is 2. The minimum atomic E-state index is -0.245. The highest BCUT2D eigenvalue weighted by Gasteiger charge is 2.40. The molecule has 0 spiro atoms. The average Bonchev–Trinajstić information content (AvgIpc) is 3.16. The third-order valence-electron chi connectivity index (χ3n) is 3.86. The zero-order valence-corrected chi connectivity index (χ0v) is 16.2. The Hall–Kier alpha value is -1.51. The Morgan fingerprint density at radius 1 is 1.54 bits per heavy atom. The number of ether oxygens (including phenoxy) is 1. The van der Waals surface area contributed by atoms with Gasteiger partial charge in [0, 0.05) is 27.5 Å². The Bertz CT molecular complexity index is 738. The van der Waals surface area contributed by atoms with Crippen LogP contribution in [0, 0.1) is 0 Å². The molecule has 3 heterocycles. The minimum absolute atomic E-state index is 0.00615. The summed E-state index contributed by atoms with van der Waals surface area (Å²) in [5.41, 5.74) is 0.926. The van der Waals surface area contributed by atoms with E-state index in [1.54, 1.807) is 17.5 Å². The zero-order chi connectivity index (χ0) is 17.1. The summed E-state index contributed by atoms with van der Waals surface area (Å²) >= 11 is 10.7. The van der Waals surface area contributed by atoms with Crippen molar-refractivity contribution in [1.29, 1.82) is 0 Å². The molecule has 0 saturated carbocycles. The number of hydrogen-bond donors (Lipinski definition) is 1. The highest BCUT2D eigenvalue weighted by molar-refractivity contribution is 9.10. The molecule has 0 aliphatic carbocycles. The second-order valence-corrected chi connectivity index (χ2v) is 7.56. The molecule has 1 saturated heterocycles. The first-order valence-electron chi connectivity index (χ1n) is 7.39. The van der Waals surface area contributed by atoms with E-state index >= 15 is 0 Å². The summed E-state index contributed by atoms with van der Waals surface area (Å²) in [6.07, 6.45) is 2.06. The highest BCUT2D eigenvalue weighted by atomic mass is 79.9. The fourth-order valence-electron chi connectivity index (χ4n) is 2.75. The number of methoxy groups -OCH3 is 1. The van der Waals surface area contributed by atoms with Crippen LogP contribution in [-0.4, -0.2) is 34.6 Å². The Morgan fingerprint density at radius 2 is 2.38 bits per heavy atom. The molecule has 1 fully saturated rings. The molecule has 0 amide bonds. The van der Waals surface area contributed by atoms with Crippen molar-refractivity contribution in [3.05, 3.63) is 50.9 Å². The Kier molecular flexibility index (Phi) is 5.47. The molecule has 2 aromatic heterocycles. The van der Waals surface area contributed by atoms with Crippen LogP contribution in [0.1, 0.15) is 29.1 Å². The van der Waals surface area contributed by atoms with Crippen LogP contribution >= 0.6 is 39.5 Å². The summed E-state index contributed by atoms with van der Waals surface area (Å²) in [7, 11) is 1.40. The standard InChI is InChI=1S/C16H16BrN3O2S2/c1-22-13(21)5-7-20-15(12-8-10(17)9-24-12)14(19-16(20)23)11-4-2-3-6-18-11/h2-4,6,8-9,14-15H,5,7H2,1H3,(H,19,23)/t14-,15-/m1/s1. The first-order valence-corrected chi connectivity index (χ1v) is 9.47. The maximum absolute atomic E-state index is 11.5. The SMILES string of the molecule is COC(=O)CCN1C(=S)N[C@H](c2ccccn2)[C@H]1c1cc(Br)cs1. The van der Waals surface area contributed by atoms with E-state index in [1.165, 1.54) is 7.11 Å².